The van der Waals surface area contributed by atoms with Crippen LogP contribution in [-0.2, 0) is 20.7 Å². The molecule has 138 valence electrons. The SMILES string of the molecule is COc1ccc(CCC(=O)OCC(=O)N[C@@H](C)c2ccccc2Br)cc1. The Hall–Kier alpha value is -2.34. The third-order valence-electron chi connectivity index (χ3n) is 3.89. The molecule has 0 radical (unpaired) electrons. The van der Waals surface area contributed by atoms with Crippen molar-refractivity contribution in [2.75, 3.05) is 13.7 Å². The summed E-state index contributed by atoms with van der Waals surface area (Å²) in [6, 6.07) is 15.0. The highest BCUT2D eigenvalue weighted by molar-refractivity contribution is 9.10. The molecule has 2 aromatic rings. The second kappa shape index (κ2) is 9.97. The summed E-state index contributed by atoms with van der Waals surface area (Å²) in [7, 11) is 1.61. The van der Waals surface area contributed by atoms with Gasteiger partial charge < -0.3 is 14.8 Å². The molecule has 0 aliphatic heterocycles. The van der Waals surface area contributed by atoms with Gasteiger partial charge in [0.25, 0.3) is 5.91 Å². The summed E-state index contributed by atoms with van der Waals surface area (Å²) in [5.74, 6) is 0.0442. The van der Waals surface area contributed by atoms with Crippen LogP contribution in [0.3, 0.4) is 0 Å². The van der Waals surface area contributed by atoms with Crippen LogP contribution in [0.4, 0.5) is 0 Å². The van der Waals surface area contributed by atoms with Crippen molar-refractivity contribution >= 4 is 27.8 Å². The highest BCUT2D eigenvalue weighted by atomic mass is 79.9. The van der Waals surface area contributed by atoms with E-state index in [-0.39, 0.29) is 25.0 Å². The zero-order valence-electron chi connectivity index (χ0n) is 14.8. The Morgan fingerprint density at radius 3 is 2.46 bits per heavy atom. The molecule has 1 N–H and O–H groups in total. The van der Waals surface area contributed by atoms with E-state index >= 15 is 0 Å². The number of hydrogen-bond donors (Lipinski definition) is 1. The Morgan fingerprint density at radius 1 is 1.12 bits per heavy atom. The van der Waals surface area contributed by atoms with E-state index in [1.54, 1.807) is 7.11 Å². The summed E-state index contributed by atoms with van der Waals surface area (Å²) in [4.78, 5) is 23.8. The molecule has 0 bridgehead atoms. The Morgan fingerprint density at radius 2 is 1.81 bits per heavy atom. The van der Waals surface area contributed by atoms with Crippen molar-refractivity contribution in [1.29, 1.82) is 0 Å². The van der Waals surface area contributed by atoms with Gasteiger partial charge in [0, 0.05) is 10.9 Å². The van der Waals surface area contributed by atoms with Crippen molar-refractivity contribution in [3.8, 4) is 5.75 Å². The molecule has 6 heteroatoms. The van der Waals surface area contributed by atoms with Gasteiger partial charge in [-0.1, -0.05) is 46.3 Å². The van der Waals surface area contributed by atoms with Crippen molar-refractivity contribution < 1.29 is 19.1 Å². The maximum atomic E-state index is 12.0. The maximum Gasteiger partial charge on any atom is 0.306 e. The molecule has 26 heavy (non-hydrogen) atoms. The lowest BCUT2D eigenvalue weighted by Crippen LogP contribution is -2.31. The molecule has 2 rings (SSSR count). The van der Waals surface area contributed by atoms with Gasteiger partial charge in [-0.2, -0.15) is 0 Å². The predicted molar refractivity (Wildman–Crippen MR) is 103 cm³/mol. The Kier molecular flexibility index (Phi) is 7.66. The van der Waals surface area contributed by atoms with E-state index in [4.69, 9.17) is 9.47 Å². The van der Waals surface area contributed by atoms with E-state index in [0.29, 0.717) is 6.42 Å². The zero-order valence-corrected chi connectivity index (χ0v) is 16.4. The normalized spacial score (nSPS) is 11.5. The standard InChI is InChI=1S/C20H22BrNO4/c1-14(17-5-3-4-6-18(17)21)22-19(23)13-26-20(24)12-9-15-7-10-16(25-2)11-8-15/h3-8,10-11,14H,9,12-13H2,1-2H3,(H,22,23)/t14-/m0/s1. The van der Waals surface area contributed by atoms with Gasteiger partial charge in [0.2, 0.25) is 0 Å². The molecular weight excluding hydrogens is 398 g/mol. The Bertz CT molecular complexity index is 746. The first-order valence-corrected chi connectivity index (χ1v) is 9.11. The fourth-order valence-electron chi connectivity index (χ4n) is 2.44. The van der Waals surface area contributed by atoms with Gasteiger partial charge in [0.05, 0.1) is 13.2 Å². The summed E-state index contributed by atoms with van der Waals surface area (Å²) < 4.78 is 11.1. The van der Waals surface area contributed by atoms with Gasteiger partial charge in [-0.15, -0.1) is 0 Å². The van der Waals surface area contributed by atoms with Gasteiger partial charge in [-0.05, 0) is 42.7 Å². The fraction of sp³-hybridized carbons (Fsp3) is 0.300. The zero-order chi connectivity index (χ0) is 18.9. The number of nitrogens with one attached hydrogen (secondary N) is 1. The summed E-state index contributed by atoms with van der Waals surface area (Å²) in [5, 5.41) is 2.82. The molecule has 0 aliphatic carbocycles. The van der Waals surface area contributed by atoms with E-state index in [1.165, 1.54) is 0 Å². The van der Waals surface area contributed by atoms with Gasteiger partial charge in [-0.3, -0.25) is 9.59 Å². The highest BCUT2D eigenvalue weighted by Gasteiger charge is 2.13. The van der Waals surface area contributed by atoms with Gasteiger partial charge in [0.1, 0.15) is 5.75 Å². The van der Waals surface area contributed by atoms with Crippen LogP contribution in [0.1, 0.15) is 30.5 Å². The minimum absolute atomic E-state index is 0.184. The molecular formula is C20H22BrNO4. The third-order valence-corrected chi connectivity index (χ3v) is 4.61. The molecule has 0 fully saturated rings. The highest BCUT2D eigenvalue weighted by Crippen LogP contribution is 2.22. The van der Waals surface area contributed by atoms with Crippen molar-refractivity contribution in [1.82, 2.24) is 5.32 Å². The topological polar surface area (TPSA) is 64.6 Å². The van der Waals surface area contributed by atoms with Crippen LogP contribution in [0.15, 0.2) is 53.0 Å². The van der Waals surface area contributed by atoms with Gasteiger partial charge in [0.15, 0.2) is 6.61 Å². The number of amides is 1. The molecule has 0 aromatic heterocycles. The molecule has 1 atom stereocenters. The van der Waals surface area contributed by atoms with Crippen LogP contribution >= 0.6 is 15.9 Å². The van der Waals surface area contributed by atoms with Crippen LogP contribution in [0.25, 0.3) is 0 Å². The number of rotatable bonds is 8. The maximum absolute atomic E-state index is 12.0. The molecule has 1 amide bonds. The summed E-state index contributed by atoms with van der Waals surface area (Å²) >= 11 is 3.46. The number of methoxy groups -OCH3 is 1. The van der Waals surface area contributed by atoms with Crippen LogP contribution in [0, 0.1) is 0 Å². The van der Waals surface area contributed by atoms with E-state index < -0.39 is 5.97 Å². The molecule has 0 saturated carbocycles. The predicted octanol–water partition coefficient (Wildman–Crippen LogP) is 3.81. The lowest BCUT2D eigenvalue weighted by Gasteiger charge is -2.15. The monoisotopic (exact) mass is 419 g/mol. The van der Waals surface area contributed by atoms with Gasteiger partial charge in [-0.25, -0.2) is 0 Å². The van der Waals surface area contributed by atoms with Crippen molar-refractivity contribution in [3.05, 3.63) is 64.1 Å². The number of hydrogen-bond acceptors (Lipinski definition) is 4. The summed E-state index contributed by atoms with van der Waals surface area (Å²) in [6.45, 7) is 1.60. The molecule has 0 spiro atoms. The molecule has 2 aromatic carbocycles. The first-order valence-electron chi connectivity index (χ1n) is 8.32. The van der Waals surface area contributed by atoms with Crippen LogP contribution in [0.5, 0.6) is 5.75 Å². The van der Waals surface area contributed by atoms with Crippen LogP contribution in [-0.4, -0.2) is 25.6 Å². The van der Waals surface area contributed by atoms with Crippen LogP contribution in [0.2, 0.25) is 0 Å². The third kappa shape index (κ3) is 6.19. The van der Waals surface area contributed by atoms with Crippen molar-refractivity contribution in [2.24, 2.45) is 0 Å². The fourth-order valence-corrected chi connectivity index (χ4v) is 3.07. The lowest BCUT2D eigenvalue weighted by molar-refractivity contribution is -0.148. The van der Waals surface area contributed by atoms with Crippen LogP contribution < -0.4 is 10.1 Å². The van der Waals surface area contributed by atoms with E-state index in [9.17, 15) is 9.59 Å². The molecule has 0 unspecified atom stereocenters. The number of ether oxygens (including phenoxy) is 2. The second-order valence-corrected chi connectivity index (χ2v) is 6.67. The second-order valence-electron chi connectivity index (χ2n) is 5.82. The smallest absolute Gasteiger partial charge is 0.306 e. The summed E-state index contributed by atoms with van der Waals surface area (Å²) in [6.07, 6.45) is 0.775. The molecule has 0 heterocycles. The molecule has 0 saturated heterocycles. The van der Waals surface area contributed by atoms with E-state index in [1.807, 2.05) is 55.5 Å². The lowest BCUT2D eigenvalue weighted by atomic mass is 10.1. The quantitative estimate of drug-likeness (QED) is 0.660. The van der Waals surface area contributed by atoms with Gasteiger partial charge >= 0.3 is 5.97 Å². The first-order chi connectivity index (χ1) is 12.5. The van der Waals surface area contributed by atoms with Crippen molar-refractivity contribution in [2.45, 2.75) is 25.8 Å². The molecule has 0 aliphatic rings. The molecule has 5 nitrogen and oxygen atoms in total. The number of esters is 1. The summed E-state index contributed by atoms with van der Waals surface area (Å²) in [5.41, 5.74) is 1.97. The number of carbonyl (C=O) groups is 2. The number of carbonyl (C=O) groups excluding carboxylic acids is 2. The average molecular weight is 420 g/mol. The van der Waals surface area contributed by atoms with Crippen molar-refractivity contribution in [3.63, 3.8) is 0 Å². The number of aryl methyl sites for hydroxylation is 1. The minimum Gasteiger partial charge on any atom is -0.497 e. The average Bonchev–Trinajstić information content (AvgIpc) is 2.65. The Labute approximate surface area is 161 Å². The first kappa shape index (κ1) is 20.0. The number of halogens is 1. The number of benzene rings is 2. The largest absolute Gasteiger partial charge is 0.497 e. The van der Waals surface area contributed by atoms with E-state index in [0.717, 1.165) is 21.3 Å². The van der Waals surface area contributed by atoms with E-state index in [2.05, 4.69) is 21.2 Å². The Balaban J connectivity index is 1.72. The minimum atomic E-state index is -0.399.